The van der Waals surface area contributed by atoms with E-state index in [1.807, 2.05) is 13.8 Å². The Morgan fingerprint density at radius 1 is 1.59 bits per heavy atom. The zero-order valence-corrected chi connectivity index (χ0v) is 11.8. The number of halogens is 1. The minimum Gasteiger partial charge on any atom is -0.383 e. The SMILES string of the molecule is COCC(NC(=O)c1ncccc1Br)C(C)C. The quantitative estimate of drug-likeness (QED) is 0.907. The molecule has 0 aromatic carbocycles. The highest BCUT2D eigenvalue weighted by Crippen LogP contribution is 2.13. The molecule has 1 amide bonds. The van der Waals surface area contributed by atoms with E-state index in [0.29, 0.717) is 22.7 Å². The van der Waals surface area contributed by atoms with E-state index in [1.165, 1.54) is 0 Å². The first-order valence-corrected chi connectivity index (χ1v) is 6.26. The topological polar surface area (TPSA) is 51.2 Å². The third-order valence-corrected chi connectivity index (χ3v) is 3.08. The number of hydrogen-bond donors (Lipinski definition) is 1. The van der Waals surface area contributed by atoms with Crippen molar-refractivity contribution in [3.63, 3.8) is 0 Å². The van der Waals surface area contributed by atoms with E-state index in [4.69, 9.17) is 4.74 Å². The number of methoxy groups -OCH3 is 1. The van der Waals surface area contributed by atoms with Crippen LogP contribution in [-0.2, 0) is 4.74 Å². The van der Waals surface area contributed by atoms with Gasteiger partial charge in [0, 0.05) is 17.8 Å². The first kappa shape index (κ1) is 14.1. The molecule has 0 saturated heterocycles. The average molecular weight is 301 g/mol. The van der Waals surface area contributed by atoms with Gasteiger partial charge in [-0.15, -0.1) is 0 Å². The van der Waals surface area contributed by atoms with E-state index >= 15 is 0 Å². The summed E-state index contributed by atoms with van der Waals surface area (Å²) >= 11 is 3.31. The van der Waals surface area contributed by atoms with Gasteiger partial charge in [-0.1, -0.05) is 13.8 Å². The fourth-order valence-electron chi connectivity index (χ4n) is 1.37. The van der Waals surface area contributed by atoms with Gasteiger partial charge < -0.3 is 10.1 Å². The fourth-order valence-corrected chi connectivity index (χ4v) is 1.80. The number of aromatic nitrogens is 1. The summed E-state index contributed by atoms with van der Waals surface area (Å²) in [6, 6.07) is 3.56. The van der Waals surface area contributed by atoms with Crippen molar-refractivity contribution >= 4 is 21.8 Å². The third kappa shape index (κ3) is 4.09. The number of hydrogen-bond acceptors (Lipinski definition) is 3. The summed E-state index contributed by atoms with van der Waals surface area (Å²) in [4.78, 5) is 16.0. The second-order valence-corrected chi connectivity index (χ2v) is 4.97. The Morgan fingerprint density at radius 2 is 2.29 bits per heavy atom. The van der Waals surface area contributed by atoms with Crippen LogP contribution in [0.3, 0.4) is 0 Å². The van der Waals surface area contributed by atoms with Gasteiger partial charge in [-0.05, 0) is 34.0 Å². The monoisotopic (exact) mass is 300 g/mol. The van der Waals surface area contributed by atoms with Gasteiger partial charge in [0.2, 0.25) is 0 Å². The highest BCUT2D eigenvalue weighted by Gasteiger charge is 2.19. The van der Waals surface area contributed by atoms with Crippen LogP contribution in [0.4, 0.5) is 0 Å². The third-order valence-electron chi connectivity index (χ3n) is 2.44. The molecule has 1 N–H and O–H groups in total. The Hall–Kier alpha value is -0.940. The maximum atomic E-state index is 12.0. The Morgan fingerprint density at radius 3 is 2.82 bits per heavy atom. The molecule has 1 heterocycles. The number of ether oxygens (including phenoxy) is 1. The van der Waals surface area contributed by atoms with Crippen LogP contribution in [0.5, 0.6) is 0 Å². The number of nitrogens with zero attached hydrogens (tertiary/aromatic N) is 1. The van der Waals surface area contributed by atoms with Gasteiger partial charge in [0.1, 0.15) is 5.69 Å². The maximum Gasteiger partial charge on any atom is 0.271 e. The summed E-state index contributed by atoms with van der Waals surface area (Å²) in [5, 5.41) is 2.92. The number of pyridine rings is 1. The number of carbonyl (C=O) groups is 1. The van der Waals surface area contributed by atoms with Crippen LogP contribution in [0.25, 0.3) is 0 Å². The minimum atomic E-state index is -0.187. The number of rotatable bonds is 5. The molecule has 0 fully saturated rings. The van der Waals surface area contributed by atoms with Crippen LogP contribution in [0.1, 0.15) is 24.3 Å². The Labute approximate surface area is 110 Å². The minimum absolute atomic E-state index is 0.0126. The van der Waals surface area contributed by atoms with E-state index in [-0.39, 0.29) is 11.9 Å². The molecule has 0 aliphatic rings. The molecule has 1 atom stereocenters. The smallest absolute Gasteiger partial charge is 0.271 e. The van der Waals surface area contributed by atoms with Crippen molar-refractivity contribution in [2.75, 3.05) is 13.7 Å². The maximum absolute atomic E-state index is 12.0. The first-order chi connectivity index (χ1) is 8.06. The van der Waals surface area contributed by atoms with Crippen molar-refractivity contribution in [1.82, 2.24) is 10.3 Å². The lowest BCUT2D eigenvalue weighted by Gasteiger charge is -2.21. The van der Waals surface area contributed by atoms with E-state index in [1.54, 1.807) is 25.4 Å². The van der Waals surface area contributed by atoms with Crippen LogP contribution in [0.15, 0.2) is 22.8 Å². The zero-order valence-electron chi connectivity index (χ0n) is 10.2. The molecule has 1 unspecified atom stereocenters. The van der Waals surface area contributed by atoms with Crippen molar-refractivity contribution < 1.29 is 9.53 Å². The van der Waals surface area contributed by atoms with Crippen LogP contribution in [0.2, 0.25) is 0 Å². The summed E-state index contributed by atoms with van der Waals surface area (Å²) in [6.07, 6.45) is 1.60. The molecule has 1 aromatic heterocycles. The van der Waals surface area contributed by atoms with Crippen molar-refractivity contribution in [2.24, 2.45) is 5.92 Å². The molecule has 0 aliphatic heterocycles. The summed E-state index contributed by atoms with van der Waals surface area (Å²) in [5.41, 5.74) is 0.397. The van der Waals surface area contributed by atoms with Crippen LogP contribution in [-0.4, -0.2) is 30.6 Å². The molecule has 0 aliphatic carbocycles. The first-order valence-electron chi connectivity index (χ1n) is 5.46. The molecular formula is C12H17BrN2O2. The van der Waals surface area contributed by atoms with Gasteiger partial charge in [0.15, 0.2) is 0 Å². The lowest BCUT2D eigenvalue weighted by molar-refractivity contribution is 0.0861. The molecule has 4 nitrogen and oxygen atoms in total. The standard InChI is InChI=1S/C12H17BrN2O2/c1-8(2)10(7-17-3)15-12(16)11-9(13)5-4-6-14-11/h4-6,8,10H,7H2,1-3H3,(H,15,16). The second-order valence-electron chi connectivity index (χ2n) is 4.11. The van der Waals surface area contributed by atoms with Crippen molar-refractivity contribution in [2.45, 2.75) is 19.9 Å². The van der Waals surface area contributed by atoms with E-state index in [2.05, 4.69) is 26.2 Å². The number of amides is 1. The molecular weight excluding hydrogens is 284 g/mol. The summed E-state index contributed by atoms with van der Waals surface area (Å²) in [6.45, 7) is 4.57. The summed E-state index contributed by atoms with van der Waals surface area (Å²) in [7, 11) is 1.62. The Bertz CT molecular complexity index is 383. The molecule has 5 heteroatoms. The highest BCUT2D eigenvalue weighted by molar-refractivity contribution is 9.10. The Balaban J connectivity index is 2.74. The fraction of sp³-hybridized carbons (Fsp3) is 0.500. The molecule has 0 radical (unpaired) electrons. The van der Waals surface area contributed by atoms with E-state index in [9.17, 15) is 4.79 Å². The largest absolute Gasteiger partial charge is 0.383 e. The van der Waals surface area contributed by atoms with Crippen LogP contribution in [0, 0.1) is 5.92 Å². The van der Waals surface area contributed by atoms with Gasteiger partial charge in [-0.2, -0.15) is 0 Å². The van der Waals surface area contributed by atoms with Gasteiger partial charge >= 0.3 is 0 Å². The molecule has 94 valence electrons. The molecule has 1 rings (SSSR count). The summed E-state index contributed by atoms with van der Waals surface area (Å²) < 4.78 is 5.78. The van der Waals surface area contributed by atoms with Gasteiger partial charge in [0.05, 0.1) is 12.6 Å². The summed E-state index contributed by atoms with van der Waals surface area (Å²) in [5.74, 6) is 0.120. The molecule has 0 spiro atoms. The van der Waals surface area contributed by atoms with Crippen LogP contribution >= 0.6 is 15.9 Å². The van der Waals surface area contributed by atoms with E-state index in [0.717, 1.165) is 0 Å². The molecule has 17 heavy (non-hydrogen) atoms. The molecule has 1 aromatic rings. The van der Waals surface area contributed by atoms with Crippen molar-refractivity contribution in [3.05, 3.63) is 28.5 Å². The lowest BCUT2D eigenvalue weighted by Crippen LogP contribution is -2.42. The molecule has 0 saturated carbocycles. The second kappa shape index (κ2) is 6.71. The van der Waals surface area contributed by atoms with Crippen molar-refractivity contribution in [1.29, 1.82) is 0 Å². The average Bonchev–Trinajstić information content (AvgIpc) is 2.28. The van der Waals surface area contributed by atoms with Crippen molar-refractivity contribution in [3.8, 4) is 0 Å². The van der Waals surface area contributed by atoms with Gasteiger partial charge in [0.25, 0.3) is 5.91 Å². The van der Waals surface area contributed by atoms with Crippen LogP contribution < -0.4 is 5.32 Å². The highest BCUT2D eigenvalue weighted by atomic mass is 79.9. The lowest BCUT2D eigenvalue weighted by atomic mass is 10.1. The Kier molecular flexibility index (Phi) is 5.58. The predicted molar refractivity (Wildman–Crippen MR) is 69.9 cm³/mol. The number of nitrogens with one attached hydrogen (secondary N) is 1. The predicted octanol–water partition coefficient (Wildman–Crippen LogP) is 2.24. The van der Waals surface area contributed by atoms with E-state index < -0.39 is 0 Å². The van der Waals surface area contributed by atoms with Gasteiger partial charge in [-0.25, -0.2) is 4.98 Å². The number of carbonyl (C=O) groups excluding carboxylic acids is 1. The van der Waals surface area contributed by atoms with Gasteiger partial charge in [-0.3, -0.25) is 4.79 Å². The molecule has 0 bridgehead atoms. The normalized spacial score (nSPS) is 12.5. The zero-order chi connectivity index (χ0) is 12.8.